The van der Waals surface area contributed by atoms with Gasteiger partial charge in [0.05, 0.1) is 28.5 Å². The number of rotatable bonds is 5. The number of ether oxygens (including phenoxy) is 2. The number of aromatic nitrogens is 4. The molecule has 0 unspecified atom stereocenters. The van der Waals surface area contributed by atoms with Gasteiger partial charge in [0.15, 0.2) is 18.2 Å². The van der Waals surface area contributed by atoms with Crippen LogP contribution in [0.4, 0.5) is 19.1 Å². The molecule has 36 heavy (non-hydrogen) atoms. The van der Waals surface area contributed by atoms with Gasteiger partial charge in [0.1, 0.15) is 23.0 Å². The highest BCUT2D eigenvalue weighted by Crippen LogP contribution is 2.42. The van der Waals surface area contributed by atoms with Gasteiger partial charge in [-0.05, 0) is 39.8 Å². The smallest absolute Gasteiger partial charge is 0.386 e. The number of fused-ring (bicyclic) bond motifs is 3. The first-order valence-electron chi connectivity index (χ1n) is 11.8. The normalized spacial score (nSPS) is 28.1. The molecule has 5 rings (SSSR count). The van der Waals surface area contributed by atoms with Crippen LogP contribution in [0.1, 0.15) is 47.3 Å². The van der Waals surface area contributed by atoms with Crippen molar-refractivity contribution in [1.29, 1.82) is 0 Å². The van der Waals surface area contributed by atoms with E-state index in [2.05, 4.69) is 25.0 Å². The monoisotopic (exact) mass is 528 g/mol. The molecule has 2 saturated heterocycles. The number of hydrogen-bond donors (Lipinski definition) is 3. The quantitative estimate of drug-likeness (QED) is 0.456. The van der Waals surface area contributed by atoms with E-state index in [4.69, 9.17) is 17.7 Å². The second-order valence-electron chi connectivity index (χ2n) is 9.63. The van der Waals surface area contributed by atoms with Gasteiger partial charge in [-0.25, -0.2) is 19.3 Å². The van der Waals surface area contributed by atoms with Crippen LogP contribution in [0.5, 0.6) is 0 Å². The number of halogens is 4. The van der Waals surface area contributed by atoms with E-state index in [1.54, 1.807) is 24.5 Å². The Balaban J connectivity index is 1.55. The van der Waals surface area contributed by atoms with Crippen molar-refractivity contribution in [3.05, 3.63) is 35.0 Å². The van der Waals surface area contributed by atoms with E-state index in [0.29, 0.717) is 5.52 Å². The molecule has 194 valence electrons. The van der Waals surface area contributed by atoms with E-state index in [-0.39, 0.29) is 39.6 Å². The van der Waals surface area contributed by atoms with Crippen molar-refractivity contribution >= 4 is 28.6 Å². The van der Waals surface area contributed by atoms with Crippen LogP contribution in [0.3, 0.4) is 0 Å². The summed E-state index contributed by atoms with van der Waals surface area (Å²) in [6.45, 7) is 6.86. The zero-order valence-corrected chi connectivity index (χ0v) is 20.5. The zero-order chi connectivity index (χ0) is 27.0. The maximum atomic E-state index is 15.2. The number of nitrogens with one attached hydrogen (secondary N) is 1. The molecule has 3 aromatic rings. The molecule has 0 aliphatic carbocycles. The van der Waals surface area contributed by atoms with Crippen LogP contribution in [-0.4, -0.2) is 60.4 Å². The summed E-state index contributed by atoms with van der Waals surface area (Å²) in [7, 11) is 0. The minimum absolute atomic E-state index is 0.0666. The van der Waals surface area contributed by atoms with Gasteiger partial charge in [-0.15, -0.1) is 0 Å². The summed E-state index contributed by atoms with van der Waals surface area (Å²) in [5.41, 5.74) is -0.467. The minimum atomic E-state index is -3.75. The molecule has 2 bridgehead atoms. The number of nitrogens with zero attached hydrogens (tertiary/aromatic N) is 4. The molecule has 0 amide bonds. The molecule has 13 heteroatoms. The molecule has 9 nitrogen and oxygen atoms in total. The Morgan fingerprint density at radius 1 is 1.33 bits per heavy atom. The van der Waals surface area contributed by atoms with Gasteiger partial charge < -0.3 is 24.8 Å². The van der Waals surface area contributed by atoms with E-state index >= 15 is 4.39 Å². The van der Waals surface area contributed by atoms with Crippen LogP contribution in [0.2, 0.25) is 5.02 Å². The van der Waals surface area contributed by atoms with Crippen LogP contribution in [-0.2, 0) is 15.1 Å². The summed E-state index contributed by atoms with van der Waals surface area (Å²) in [5, 5.41) is 23.8. The topological polar surface area (TPSA) is 115 Å². The Morgan fingerprint density at radius 2 is 2.06 bits per heavy atom. The summed E-state index contributed by atoms with van der Waals surface area (Å²) in [6, 6.07) is 1.40. The Morgan fingerprint density at radius 3 is 2.72 bits per heavy atom. The third-order valence-electron chi connectivity index (χ3n) is 6.05. The average molecular weight is 529 g/mol. The standard InChI is InChI=1S/C23H25ClF3N5O4/c1-9(2)32-14-6-10(5-12(25)17(14)30-20(32)22(3,4)34)16-11(24)8-28-21(31-16)29-13-7-15-35-19(18(13)33)23(26,27)36-15/h5-6,8-9,13,15,18-19,33-34H,7H2,1-4H3,(H,28,29,31)/t13-,15-,18+,19-/m1/s1/i7D/t7-,13+,15+,18-,19+/m0. The molecule has 5 atom stereocenters. The van der Waals surface area contributed by atoms with E-state index < -0.39 is 48.5 Å². The fraction of sp³-hybridized carbons (Fsp3) is 0.522. The van der Waals surface area contributed by atoms with E-state index in [9.17, 15) is 19.0 Å². The maximum absolute atomic E-state index is 15.2. The largest absolute Gasteiger partial charge is 0.388 e. The van der Waals surface area contributed by atoms with E-state index in [1.807, 2.05) is 13.8 Å². The van der Waals surface area contributed by atoms with Gasteiger partial charge in [0.2, 0.25) is 5.95 Å². The van der Waals surface area contributed by atoms with Crippen molar-refractivity contribution in [2.75, 3.05) is 5.32 Å². The van der Waals surface area contributed by atoms with Crippen LogP contribution >= 0.6 is 11.6 Å². The van der Waals surface area contributed by atoms with E-state index in [0.717, 1.165) is 0 Å². The van der Waals surface area contributed by atoms with Gasteiger partial charge in [-0.2, -0.15) is 8.78 Å². The average Bonchev–Trinajstić information content (AvgIpc) is 3.33. The highest BCUT2D eigenvalue weighted by atomic mass is 35.5. The van der Waals surface area contributed by atoms with Crippen LogP contribution < -0.4 is 5.32 Å². The van der Waals surface area contributed by atoms with Gasteiger partial charge in [-0.3, -0.25) is 4.74 Å². The Labute approximate surface area is 210 Å². The molecule has 0 spiro atoms. The second-order valence-corrected chi connectivity index (χ2v) is 10.0. The lowest BCUT2D eigenvalue weighted by Crippen LogP contribution is -2.51. The molecular weight excluding hydrogens is 503 g/mol. The molecule has 0 saturated carbocycles. The van der Waals surface area contributed by atoms with Crippen LogP contribution in [0.15, 0.2) is 18.3 Å². The van der Waals surface area contributed by atoms with Gasteiger partial charge in [-0.1, -0.05) is 11.6 Å². The van der Waals surface area contributed by atoms with Crippen LogP contribution in [0.25, 0.3) is 22.3 Å². The third kappa shape index (κ3) is 4.20. The number of alkyl halides is 2. The number of benzene rings is 1. The first-order valence-corrected chi connectivity index (χ1v) is 11.6. The third-order valence-corrected chi connectivity index (χ3v) is 6.33. The molecule has 2 aliphatic rings. The maximum Gasteiger partial charge on any atom is 0.386 e. The minimum Gasteiger partial charge on any atom is -0.388 e. The second kappa shape index (κ2) is 8.52. The number of hydrogen-bond acceptors (Lipinski definition) is 8. The van der Waals surface area contributed by atoms with Crippen LogP contribution in [0, 0.1) is 5.82 Å². The highest BCUT2D eigenvalue weighted by molar-refractivity contribution is 6.33. The first kappa shape index (κ1) is 23.9. The summed E-state index contributed by atoms with van der Waals surface area (Å²) in [5.74, 6) is -0.502. The summed E-state index contributed by atoms with van der Waals surface area (Å²) in [6.07, 6.45) is -9.24. The summed E-state index contributed by atoms with van der Waals surface area (Å²) >= 11 is 6.34. The predicted octanol–water partition coefficient (Wildman–Crippen LogP) is 3.97. The summed E-state index contributed by atoms with van der Waals surface area (Å²) in [4.78, 5) is 12.7. The molecule has 1 aromatic carbocycles. The molecule has 2 aromatic heterocycles. The SMILES string of the molecule is [2H][C@@H]1[C@@H]2O[C@H]([C@@H](O)[C@@H]1Nc1ncc(Cl)c(-c3cc(F)c4nc(C(C)(C)O)n(C(C)C)c4c3)n1)C(F)(F)O2. The van der Waals surface area contributed by atoms with Crippen molar-refractivity contribution in [3.63, 3.8) is 0 Å². The Bertz CT molecular complexity index is 1370. The first-order chi connectivity index (χ1) is 17.2. The van der Waals surface area contributed by atoms with Crippen molar-refractivity contribution in [1.82, 2.24) is 19.5 Å². The predicted molar refractivity (Wildman–Crippen MR) is 124 cm³/mol. The Kier molecular flexibility index (Phi) is 5.65. The zero-order valence-electron chi connectivity index (χ0n) is 20.7. The lowest BCUT2D eigenvalue weighted by Gasteiger charge is -2.32. The molecule has 4 heterocycles. The summed E-state index contributed by atoms with van der Waals surface area (Å²) < 4.78 is 62.5. The fourth-order valence-corrected chi connectivity index (χ4v) is 4.67. The van der Waals surface area contributed by atoms with Crippen molar-refractivity contribution in [2.45, 2.75) is 76.4 Å². The highest BCUT2D eigenvalue weighted by Gasteiger charge is 2.60. The number of anilines is 1. The molecule has 3 N–H and O–H groups in total. The number of aliphatic hydroxyl groups excluding tert-OH is 1. The number of aliphatic hydroxyl groups is 2. The molecular formula is C23H25ClF3N5O4. The molecule has 0 radical (unpaired) electrons. The van der Waals surface area contributed by atoms with Crippen molar-refractivity contribution in [3.8, 4) is 11.3 Å². The molecule has 2 fully saturated rings. The van der Waals surface area contributed by atoms with Crippen molar-refractivity contribution < 1.29 is 34.2 Å². The Hall–Kier alpha value is -2.51. The van der Waals surface area contributed by atoms with E-state index in [1.165, 1.54) is 12.3 Å². The van der Waals surface area contributed by atoms with Crippen molar-refractivity contribution in [2.24, 2.45) is 0 Å². The lowest BCUT2D eigenvalue weighted by molar-refractivity contribution is -0.233. The lowest BCUT2D eigenvalue weighted by atomic mass is 10.00. The van der Waals surface area contributed by atoms with Gasteiger partial charge in [0, 0.05) is 19.4 Å². The van der Waals surface area contributed by atoms with Gasteiger partial charge >= 0.3 is 6.11 Å². The molecule has 2 aliphatic heterocycles. The number of imidazole rings is 1. The van der Waals surface area contributed by atoms with Gasteiger partial charge in [0.25, 0.3) is 0 Å². The fourth-order valence-electron chi connectivity index (χ4n) is 4.47.